The Bertz CT molecular complexity index is 388. The van der Waals surface area contributed by atoms with Crippen LogP contribution in [0.25, 0.3) is 0 Å². The van der Waals surface area contributed by atoms with Gasteiger partial charge in [0.15, 0.2) is 11.6 Å². The van der Waals surface area contributed by atoms with E-state index in [4.69, 9.17) is 4.74 Å². The van der Waals surface area contributed by atoms with Crippen molar-refractivity contribution in [3.8, 4) is 5.75 Å². The van der Waals surface area contributed by atoms with E-state index in [-0.39, 0.29) is 11.6 Å². The predicted molar refractivity (Wildman–Crippen MR) is 68.7 cm³/mol. The highest BCUT2D eigenvalue weighted by atomic mass is 19.1. The summed E-state index contributed by atoms with van der Waals surface area (Å²) in [6.45, 7) is 10.7. The van der Waals surface area contributed by atoms with E-state index in [1.165, 1.54) is 6.07 Å². The summed E-state index contributed by atoms with van der Waals surface area (Å²) < 4.78 is 18.9. The number of rotatable bonds is 6. The van der Waals surface area contributed by atoms with Gasteiger partial charge in [0.2, 0.25) is 0 Å². The van der Waals surface area contributed by atoms with Crippen molar-refractivity contribution in [2.75, 3.05) is 6.61 Å². The monoisotopic (exact) mass is 237 g/mol. The van der Waals surface area contributed by atoms with Crippen molar-refractivity contribution in [3.63, 3.8) is 0 Å². The zero-order chi connectivity index (χ0) is 12.8. The lowest BCUT2D eigenvalue weighted by molar-refractivity contribution is 0.332. The normalized spacial score (nSPS) is 10.6. The molecule has 1 aromatic rings. The number of nitrogens with one attached hydrogen (secondary N) is 1. The zero-order valence-corrected chi connectivity index (χ0v) is 10.7. The molecule has 0 fully saturated rings. The minimum Gasteiger partial charge on any atom is -0.486 e. The molecule has 1 N–H and O–H groups in total. The first-order valence-corrected chi connectivity index (χ1v) is 5.78. The van der Waals surface area contributed by atoms with Crippen LogP contribution in [0.1, 0.15) is 26.3 Å². The third-order valence-electron chi connectivity index (χ3n) is 2.18. The Morgan fingerprint density at radius 3 is 2.71 bits per heavy atom. The molecule has 0 aromatic heterocycles. The number of hydrogen-bond donors (Lipinski definition) is 1. The SMILES string of the molecule is C=C(C)COc1ccc(CNC(C)C)cc1F. The first kappa shape index (κ1) is 13.7. The molecule has 0 atom stereocenters. The smallest absolute Gasteiger partial charge is 0.165 e. The minimum atomic E-state index is -0.325. The third-order valence-corrected chi connectivity index (χ3v) is 2.18. The van der Waals surface area contributed by atoms with E-state index in [1.807, 2.05) is 13.0 Å². The van der Waals surface area contributed by atoms with Gasteiger partial charge in [0, 0.05) is 12.6 Å². The summed E-state index contributed by atoms with van der Waals surface area (Å²) in [7, 11) is 0. The largest absolute Gasteiger partial charge is 0.486 e. The predicted octanol–water partition coefficient (Wildman–Crippen LogP) is 3.28. The van der Waals surface area contributed by atoms with Gasteiger partial charge in [0.1, 0.15) is 6.61 Å². The lowest BCUT2D eigenvalue weighted by Crippen LogP contribution is -2.21. The van der Waals surface area contributed by atoms with Crippen LogP contribution in [0.4, 0.5) is 4.39 Å². The van der Waals surface area contributed by atoms with E-state index in [0.717, 1.165) is 11.1 Å². The Labute approximate surface area is 102 Å². The molecular weight excluding hydrogens is 217 g/mol. The molecule has 17 heavy (non-hydrogen) atoms. The van der Waals surface area contributed by atoms with Crippen molar-refractivity contribution in [2.24, 2.45) is 0 Å². The van der Waals surface area contributed by atoms with Crippen molar-refractivity contribution in [1.29, 1.82) is 0 Å². The van der Waals surface area contributed by atoms with E-state index in [0.29, 0.717) is 19.2 Å². The lowest BCUT2D eigenvalue weighted by atomic mass is 10.2. The van der Waals surface area contributed by atoms with Gasteiger partial charge in [0.25, 0.3) is 0 Å². The van der Waals surface area contributed by atoms with Crippen molar-refractivity contribution < 1.29 is 9.13 Å². The maximum atomic E-state index is 13.6. The van der Waals surface area contributed by atoms with Gasteiger partial charge in [-0.3, -0.25) is 0 Å². The number of halogens is 1. The highest BCUT2D eigenvalue weighted by Crippen LogP contribution is 2.18. The molecule has 0 aliphatic rings. The van der Waals surface area contributed by atoms with Gasteiger partial charge < -0.3 is 10.1 Å². The number of hydrogen-bond acceptors (Lipinski definition) is 2. The molecule has 0 radical (unpaired) electrons. The quantitative estimate of drug-likeness (QED) is 0.767. The summed E-state index contributed by atoms with van der Waals surface area (Å²) >= 11 is 0. The molecule has 1 aromatic carbocycles. The second-order valence-corrected chi connectivity index (χ2v) is 4.55. The first-order chi connectivity index (χ1) is 7.99. The first-order valence-electron chi connectivity index (χ1n) is 5.78. The fourth-order valence-electron chi connectivity index (χ4n) is 1.29. The maximum absolute atomic E-state index is 13.6. The standard InChI is InChI=1S/C14H20FNO/c1-10(2)9-17-14-6-5-12(7-13(14)15)8-16-11(3)4/h5-7,11,16H,1,8-9H2,2-4H3. The molecule has 94 valence electrons. The van der Waals surface area contributed by atoms with Gasteiger partial charge in [0.05, 0.1) is 0 Å². The fourth-order valence-corrected chi connectivity index (χ4v) is 1.29. The van der Waals surface area contributed by atoms with Crippen LogP contribution in [-0.4, -0.2) is 12.6 Å². The van der Waals surface area contributed by atoms with Crippen LogP contribution in [0.5, 0.6) is 5.75 Å². The Morgan fingerprint density at radius 2 is 2.18 bits per heavy atom. The highest BCUT2D eigenvalue weighted by Gasteiger charge is 2.05. The Balaban J connectivity index is 2.62. The fraction of sp³-hybridized carbons (Fsp3) is 0.429. The van der Waals surface area contributed by atoms with Crippen LogP contribution < -0.4 is 10.1 Å². The molecule has 2 nitrogen and oxygen atoms in total. The van der Waals surface area contributed by atoms with E-state index >= 15 is 0 Å². The van der Waals surface area contributed by atoms with Crippen LogP contribution in [0.3, 0.4) is 0 Å². The number of ether oxygens (including phenoxy) is 1. The molecule has 0 bridgehead atoms. The van der Waals surface area contributed by atoms with E-state index in [9.17, 15) is 4.39 Å². The van der Waals surface area contributed by atoms with E-state index < -0.39 is 0 Å². The topological polar surface area (TPSA) is 21.3 Å². The Morgan fingerprint density at radius 1 is 1.47 bits per heavy atom. The van der Waals surface area contributed by atoms with Crippen molar-refractivity contribution in [1.82, 2.24) is 5.32 Å². The molecule has 0 saturated carbocycles. The Kier molecular flexibility index (Phi) is 5.16. The van der Waals surface area contributed by atoms with E-state index in [2.05, 4.69) is 25.7 Å². The Hall–Kier alpha value is -1.35. The molecule has 0 saturated heterocycles. The summed E-state index contributed by atoms with van der Waals surface area (Å²) in [6.07, 6.45) is 0. The second-order valence-electron chi connectivity index (χ2n) is 4.55. The molecule has 0 amide bonds. The molecule has 0 aliphatic heterocycles. The summed E-state index contributed by atoms with van der Waals surface area (Å²) in [6, 6.07) is 5.42. The summed E-state index contributed by atoms with van der Waals surface area (Å²) in [5, 5.41) is 3.24. The van der Waals surface area contributed by atoms with Crippen LogP contribution >= 0.6 is 0 Å². The minimum absolute atomic E-state index is 0.279. The zero-order valence-electron chi connectivity index (χ0n) is 10.7. The average molecular weight is 237 g/mol. The van der Waals surface area contributed by atoms with Crippen LogP contribution in [0, 0.1) is 5.82 Å². The molecule has 0 aliphatic carbocycles. The van der Waals surface area contributed by atoms with Gasteiger partial charge >= 0.3 is 0 Å². The molecule has 3 heteroatoms. The van der Waals surface area contributed by atoms with Crippen LogP contribution in [-0.2, 0) is 6.54 Å². The third kappa shape index (κ3) is 5.00. The lowest BCUT2D eigenvalue weighted by Gasteiger charge is -2.10. The summed E-state index contributed by atoms with van der Waals surface area (Å²) in [4.78, 5) is 0. The van der Waals surface area contributed by atoms with Gasteiger partial charge in [-0.2, -0.15) is 0 Å². The van der Waals surface area contributed by atoms with Crippen molar-refractivity contribution in [3.05, 3.63) is 41.7 Å². The van der Waals surface area contributed by atoms with Gasteiger partial charge in [-0.15, -0.1) is 0 Å². The van der Waals surface area contributed by atoms with Crippen molar-refractivity contribution in [2.45, 2.75) is 33.4 Å². The average Bonchev–Trinajstić information content (AvgIpc) is 2.24. The van der Waals surface area contributed by atoms with Gasteiger partial charge in [-0.05, 0) is 30.2 Å². The van der Waals surface area contributed by atoms with Crippen LogP contribution in [0.15, 0.2) is 30.4 Å². The maximum Gasteiger partial charge on any atom is 0.165 e. The summed E-state index contributed by atoms with van der Waals surface area (Å²) in [5.74, 6) is -0.0457. The summed E-state index contributed by atoms with van der Waals surface area (Å²) in [5.41, 5.74) is 1.79. The molecular formula is C14H20FNO. The highest BCUT2D eigenvalue weighted by molar-refractivity contribution is 5.29. The molecule has 0 spiro atoms. The second kappa shape index (κ2) is 6.40. The van der Waals surface area contributed by atoms with Crippen molar-refractivity contribution >= 4 is 0 Å². The number of benzene rings is 1. The van der Waals surface area contributed by atoms with Gasteiger partial charge in [-0.1, -0.05) is 26.5 Å². The van der Waals surface area contributed by atoms with E-state index in [1.54, 1.807) is 6.07 Å². The molecule has 1 rings (SSSR count). The molecule has 0 heterocycles. The van der Waals surface area contributed by atoms with Gasteiger partial charge in [-0.25, -0.2) is 4.39 Å². The van der Waals surface area contributed by atoms with Crippen LogP contribution in [0.2, 0.25) is 0 Å². The molecule has 0 unspecified atom stereocenters.